The maximum Gasteiger partial charge on any atom is 0.304 e. The number of nitrogens with zero attached hydrogens (tertiary/aromatic N) is 1. The molecule has 6 nitrogen and oxygen atoms in total. The maximum absolute atomic E-state index is 11.5. The van der Waals surface area contributed by atoms with Crippen LogP contribution in [-0.4, -0.2) is 31.4 Å². The van der Waals surface area contributed by atoms with Gasteiger partial charge in [0.1, 0.15) is 7.11 Å². The van der Waals surface area contributed by atoms with Crippen LogP contribution in [0.1, 0.15) is 27.2 Å². The molecule has 0 unspecified atom stereocenters. The molecule has 0 aliphatic heterocycles. The molecule has 102 valence electrons. The molecule has 0 rings (SSSR count). The first kappa shape index (κ1) is 16.1. The number of carbonyl (C=O) groups excluding carboxylic acids is 2. The summed E-state index contributed by atoms with van der Waals surface area (Å²) >= 11 is 0. The van der Waals surface area contributed by atoms with Gasteiger partial charge in [-0.3, -0.25) is 9.59 Å². The highest BCUT2D eigenvalue weighted by Crippen LogP contribution is 2.06. The molecule has 0 saturated carbocycles. The standard InChI is InChI=1S/C12H20N2O4/c1-9(2)8-12(18-10(3)15)14-11(16)6-5-7-13-17-4/h5-7,9,12H,8H2,1-4H3,(H,14,16)/b6-5-,13-7+/t12-/m1/s1. The summed E-state index contributed by atoms with van der Waals surface area (Å²) in [5.41, 5.74) is 0. The summed E-state index contributed by atoms with van der Waals surface area (Å²) < 4.78 is 5.00. The number of rotatable bonds is 7. The van der Waals surface area contributed by atoms with Crippen LogP contribution in [0.4, 0.5) is 0 Å². The summed E-state index contributed by atoms with van der Waals surface area (Å²) in [6.07, 6.45) is 3.99. The molecule has 0 bridgehead atoms. The number of allylic oxidation sites excluding steroid dienone is 1. The van der Waals surface area contributed by atoms with Crippen LogP contribution in [0.5, 0.6) is 0 Å². The average molecular weight is 256 g/mol. The number of hydrogen-bond donors (Lipinski definition) is 1. The van der Waals surface area contributed by atoms with Gasteiger partial charge in [0.2, 0.25) is 5.91 Å². The molecular formula is C12H20N2O4. The minimum absolute atomic E-state index is 0.300. The van der Waals surface area contributed by atoms with E-state index in [1.165, 1.54) is 32.4 Å². The minimum atomic E-state index is -0.612. The van der Waals surface area contributed by atoms with Gasteiger partial charge in [0, 0.05) is 19.4 Å². The van der Waals surface area contributed by atoms with Crippen molar-refractivity contribution >= 4 is 18.1 Å². The Bertz CT molecular complexity index is 324. The third kappa shape index (κ3) is 9.38. The van der Waals surface area contributed by atoms with Crippen LogP contribution in [-0.2, 0) is 19.2 Å². The Balaban J connectivity index is 4.29. The summed E-state index contributed by atoms with van der Waals surface area (Å²) in [6, 6.07) is 0. The number of oxime groups is 1. The lowest BCUT2D eigenvalue weighted by atomic mass is 10.1. The molecule has 0 aromatic rings. The molecule has 6 heteroatoms. The van der Waals surface area contributed by atoms with Crippen molar-refractivity contribution < 1.29 is 19.2 Å². The van der Waals surface area contributed by atoms with Crippen LogP contribution in [0, 0.1) is 5.92 Å². The highest BCUT2D eigenvalue weighted by Gasteiger charge is 2.15. The van der Waals surface area contributed by atoms with Gasteiger partial charge in [-0.2, -0.15) is 0 Å². The van der Waals surface area contributed by atoms with E-state index in [9.17, 15) is 9.59 Å². The van der Waals surface area contributed by atoms with Gasteiger partial charge in [0.25, 0.3) is 0 Å². The zero-order valence-corrected chi connectivity index (χ0v) is 11.2. The number of ether oxygens (including phenoxy) is 1. The van der Waals surface area contributed by atoms with E-state index in [-0.39, 0.29) is 5.91 Å². The van der Waals surface area contributed by atoms with Gasteiger partial charge >= 0.3 is 5.97 Å². The van der Waals surface area contributed by atoms with Crippen LogP contribution in [0.15, 0.2) is 17.3 Å². The molecule has 0 aliphatic carbocycles. The van der Waals surface area contributed by atoms with Crippen LogP contribution >= 0.6 is 0 Å². The van der Waals surface area contributed by atoms with Crippen LogP contribution in [0.3, 0.4) is 0 Å². The minimum Gasteiger partial charge on any atom is -0.442 e. The quantitative estimate of drug-likeness (QED) is 0.244. The van der Waals surface area contributed by atoms with E-state index >= 15 is 0 Å². The molecule has 0 radical (unpaired) electrons. The molecule has 1 N–H and O–H groups in total. The van der Waals surface area contributed by atoms with Crippen molar-refractivity contribution in [2.75, 3.05) is 7.11 Å². The van der Waals surface area contributed by atoms with Crippen molar-refractivity contribution in [1.29, 1.82) is 0 Å². The van der Waals surface area contributed by atoms with Crippen molar-refractivity contribution in [3.8, 4) is 0 Å². The van der Waals surface area contributed by atoms with E-state index in [0.29, 0.717) is 12.3 Å². The first-order valence-electron chi connectivity index (χ1n) is 5.66. The smallest absolute Gasteiger partial charge is 0.304 e. The lowest BCUT2D eigenvalue weighted by Crippen LogP contribution is -2.38. The average Bonchev–Trinajstić information content (AvgIpc) is 2.22. The van der Waals surface area contributed by atoms with Gasteiger partial charge in [-0.05, 0) is 12.0 Å². The van der Waals surface area contributed by atoms with Crippen molar-refractivity contribution in [3.63, 3.8) is 0 Å². The van der Waals surface area contributed by atoms with Crippen LogP contribution in [0.2, 0.25) is 0 Å². The third-order valence-electron chi connectivity index (χ3n) is 1.80. The van der Waals surface area contributed by atoms with Crippen molar-refractivity contribution in [3.05, 3.63) is 12.2 Å². The van der Waals surface area contributed by atoms with Gasteiger partial charge in [-0.15, -0.1) is 0 Å². The molecule has 1 atom stereocenters. The van der Waals surface area contributed by atoms with E-state index in [1.807, 2.05) is 13.8 Å². The normalized spacial score (nSPS) is 12.9. The van der Waals surface area contributed by atoms with Gasteiger partial charge in [0.05, 0.1) is 6.21 Å². The Hall–Kier alpha value is -1.85. The monoisotopic (exact) mass is 256 g/mol. The van der Waals surface area contributed by atoms with Gasteiger partial charge in [-0.1, -0.05) is 19.0 Å². The summed E-state index contributed by atoms with van der Waals surface area (Å²) in [6.45, 7) is 5.26. The van der Waals surface area contributed by atoms with Gasteiger partial charge in [0.15, 0.2) is 6.23 Å². The van der Waals surface area contributed by atoms with Crippen LogP contribution < -0.4 is 5.32 Å². The second kappa shape index (κ2) is 9.21. The summed E-state index contributed by atoms with van der Waals surface area (Å²) in [4.78, 5) is 26.8. The molecule has 1 amide bonds. The number of carbonyl (C=O) groups is 2. The molecule has 18 heavy (non-hydrogen) atoms. The Morgan fingerprint density at radius 1 is 1.39 bits per heavy atom. The van der Waals surface area contributed by atoms with E-state index in [2.05, 4.69) is 15.3 Å². The number of amides is 1. The fraction of sp³-hybridized carbons (Fsp3) is 0.583. The van der Waals surface area contributed by atoms with Crippen molar-refractivity contribution in [2.24, 2.45) is 11.1 Å². The molecule has 0 aromatic carbocycles. The molecular weight excluding hydrogens is 236 g/mol. The first-order chi connectivity index (χ1) is 8.45. The topological polar surface area (TPSA) is 77.0 Å². The fourth-order valence-electron chi connectivity index (χ4n) is 1.20. The lowest BCUT2D eigenvalue weighted by Gasteiger charge is -2.19. The summed E-state index contributed by atoms with van der Waals surface area (Å²) in [7, 11) is 1.41. The SMILES string of the molecule is CO/N=C/C=C\C(=O)N[C@@H](CC(C)C)OC(C)=O. The van der Waals surface area contributed by atoms with E-state index in [4.69, 9.17) is 4.74 Å². The molecule has 0 fully saturated rings. The first-order valence-corrected chi connectivity index (χ1v) is 5.66. The second-order valence-electron chi connectivity index (χ2n) is 4.03. The summed E-state index contributed by atoms with van der Waals surface area (Å²) in [5.74, 6) is -0.482. The molecule has 0 saturated heterocycles. The highest BCUT2D eigenvalue weighted by molar-refractivity contribution is 5.91. The Morgan fingerprint density at radius 2 is 2.06 bits per heavy atom. The zero-order valence-electron chi connectivity index (χ0n) is 11.2. The van der Waals surface area contributed by atoms with Gasteiger partial charge in [-0.25, -0.2) is 0 Å². The zero-order chi connectivity index (χ0) is 14.0. The molecule has 0 heterocycles. The number of hydrogen-bond acceptors (Lipinski definition) is 5. The van der Waals surface area contributed by atoms with Crippen molar-refractivity contribution in [2.45, 2.75) is 33.4 Å². The Morgan fingerprint density at radius 3 is 2.56 bits per heavy atom. The highest BCUT2D eigenvalue weighted by atomic mass is 16.6. The predicted octanol–water partition coefficient (Wildman–Crippen LogP) is 1.23. The third-order valence-corrected chi connectivity index (χ3v) is 1.80. The van der Waals surface area contributed by atoms with E-state index < -0.39 is 12.2 Å². The van der Waals surface area contributed by atoms with Crippen molar-refractivity contribution in [1.82, 2.24) is 5.32 Å². The maximum atomic E-state index is 11.5. The lowest BCUT2D eigenvalue weighted by molar-refractivity contribution is -0.149. The van der Waals surface area contributed by atoms with E-state index in [1.54, 1.807) is 0 Å². The Kier molecular flexibility index (Phi) is 8.26. The summed E-state index contributed by atoms with van der Waals surface area (Å²) in [5, 5.41) is 6.03. The molecule has 0 aliphatic rings. The Labute approximate surface area is 107 Å². The largest absolute Gasteiger partial charge is 0.442 e. The number of nitrogens with one attached hydrogen (secondary N) is 1. The van der Waals surface area contributed by atoms with Gasteiger partial charge < -0.3 is 14.9 Å². The van der Waals surface area contributed by atoms with Crippen LogP contribution in [0.25, 0.3) is 0 Å². The predicted molar refractivity (Wildman–Crippen MR) is 67.8 cm³/mol. The number of esters is 1. The molecule has 0 spiro atoms. The van der Waals surface area contributed by atoms with E-state index in [0.717, 1.165) is 0 Å². The fourth-order valence-corrected chi connectivity index (χ4v) is 1.20. The second-order valence-corrected chi connectivity index (χ2v) is 4.03. The molecule has 0 aromatic heterocycles.